The van der Waals surface area contributed by atoms with E-state index in [0.717, 1.165) is 0 Å². The number of anilines is 1. The van der Waals surface area contributed by atoms with Crippen molar-refractivity contribution in [2.24, 2.45) is 17.8 Å². The van der Waals surface area contributed by atoms with E-state index in [0.29, 0.717) is 22.7 Å². The standard InChI is InChI=1S/C37H42ClN3O7/c1-22(2)27(21-42)41-33-35(45)40(26-16-11-10-15-25(26)38)20-12-6-9-17-29(43)39(4)23(3)32(24-13-7-5-8-14-24)47-36(46)30-28-18-19-37(33,48-28)31(30)34(41)44/h5-8,10-16,18-19,22-23,27-28,30-33,42H,9,17,20-21H2,1-4H3/b12-6-/t23-,27-,28+,30-,31-,32+,33+,37-/m0/s1. The molecule has 48 heavy (non-hydrogen) atoms. The Bertz CT molecular complexity index is 1630. The number of carbonyl (C=O) groups is 4. The van der Waals surface area contributed by atoms with Crippen LogP contribution in [0.5, 0.6) is 0 Å². The van der Waals surface area contributed by atoms with E-state index in [1.807, 2.05) is 63.3 Å². The molecule has 0 unspecified atom stereocenters. The Hall–Kier alpha value is -3.99. The Morgan fingerprint density at radius 1 is 1.00 bits per heavy atom. The highest BCUT2D eigenvalue weighted by molar-refractivity contribution is 6.34. The van der Waals surface area contributed by atoms with Gasteiger partial charge in [-0.3, -0.25) is 19.2 Å². The first-order valence-electron chi connectivity index (χ1n) is 16.5. The second-order valence-corrected chi connectivity index (χ2v) is 13.8. The summed E-state index contributed by atoms with van der Waals surface area (Å²) in [5.74, 6) is -4.06. The molecule has 4 aliphatic heterocycles. The van der Waals surface area contributed by atoms with Crippen LogP contribution in [0.25, 0.3) is 0 Å². The molecule has 1 spiro atoms. The molecular weight excluding hydrogens is 634 g/mol. The first-order chi connectivity index (χ1) is 23.0. The fraction of sp³-hybridized carbons (Fsp3) is 0.459. The minimum Gasteiger partial charge on any atom is -0.455 e. The summed E-state index contributed by atoms with van der Waals surface area (Å²) in [4.78, 5) is 61.9. The Morgan fingerprint density at radius 3 is 2.40 bits per heavy atom. The topological polar surface area (TPSA) is 117 Å². The molecule has 0 aliphatic carbocycles. The number of nitrogens with zero attached hydrogens (tertiary/aromatic N) is 3. The van der Waals surface area contributed by atoms with Crippen molar-refractivity contribution in [3.05, 3.63) is 89.5 Å². The number of hydrogen-bond donors (Lipinski definition) is 1. The van der Waals surface area contributed by atoms with Crippen molar-refractivity contribution in [3.8, 4) is 0 Å². The molecule has 11 heteroatoms. The monoisotopic (exact) mass is 675 g/mol. The Labute approximate surface area is 285 Å². The summed E-state index contributed by atoms with van der Waals surface area (Å²) in [5.41, 5.74) is -0.345. The number of esters is 1. The number of amides is 3. The number of cyclic esters (lactones) is 1. The van der Waals surface area contributed by atoms with Crippen LogP contribution in [0.2, 0.25) is 5.02 Å². The van der Waals surface area contributed by atoms with Crippen LogP contribution >= 0.6 is 11.6 Å². The maximum absolute atomic E-state index is 15.0. The number of likely N-dealkylation sites (N-methyl/N-ethyl adjacent to an activating group) is 1. The lowest BCUT2D eigenvalue weighted by molar-refractivity contribution is -0.164. The van der Waals surface area contributed by atoms with Gasteiger partial charge in [-0.15, -0.1) is 0 Å². The fourth-order valence-corrected chi connectivity index (χ4v) is 7.90. The third-order valence-corrected chi connectivity index (χ3v) is 10.7. The zero-order valence-electron chi connectivity index (χ0n) is 27.6. The second-order valence-electron chi connectivity index (χ2n) is 13.4. The lowest BCUT2D eigenvalue weighted by Gasteiger charge is -2.40. The number of carbonyl (C=O) groups excluding carboxylic acids is 4. The van der Waals surface area contributed by atoms with Crippen LogP contribution in [0.1, 0.15) is 45.3 Å². The van der Waals surface area contributed by atoms with Gasteiger partial charge in [0.25, 0.3) is 5.91 Å². The van der Waals surface area contributed by atoms with E-state index in [-0.39, 0.29) is 24.8 Å². The number of likely N-dealkylation sites (tertiary alicyclic amines) is 1. The lowest BCUT2D eigenvalue weighted by Crippen LogP contribution is -2.59. The van der Waals surface area contributed by atoms with Crippen LogP contribution in [-0.2, 0) is 28.7 Å². The quantitative estimate of drug-likeness (QED) is 0.371. The molecule has 2 aromatic rings. The van der Waals surface area contributed by atoms with Gasteiger partial charge in [-0.1, -0.05) is 92.2 Å². The summed E-state index contributed by atoms with van der Waals surface area (Å²) in [7, 11) is 1.69. The molecular formula is C37H42ClN3O7. The maximum Gasteiger partial charge on any atom is 0.313 e. The number of aliphatic hydroxyl groups is 1. The van der Waals surface area contributed by atoms with E-state index in [1.54, 1.807) is 48.4 Å². The summed E-state index contributed by atoms with van der Waals surface area (Å²) in [6, 6.07) is 13.7. The van der Waals surface area contributed by atoms with Gasteiger partial charge in [0, 0.05) is 20.0 Å². The highest BCUT2D eigenvalue weighted by Crippen LogP contribution is 2.57. The van der Waals surface area contributed by atoms with Crippen molar-refractivity contribution < 1.29 is 33.8 Å². The number of aliphatic hydroxyl groups excluding tert-OH is 1. The number of allylic oxidation sites excluding steroid dienone is 1. The SMILES string of the molecule is CC(C)[C@H](CO)N1C(=O)[C@@H]2[C@H]3C(=O)O[C@@H](c4ccccc4)[C@H](C)N(C)C(=O)CC/C=C\CN(c4ccccc4Cl)C(=O)[C@@H]1[C@]21C=C[C@H]3O1. The molecule has 2 fully saturated rings. The summed E-state index contributed by atoms with van der Waals surface area (Å²) in [5, 5.41) is 10.9. The predicted molar refractivity (Wildman–Crippen MR) is 180 cm³/mol. The Morgan fingerprint density at radius 2 is 1.71 bits per heavy atom. The minimum absolute atomic E-state index is 0.0996. The summed E-state index contributed by atoms with van der Waals surface area (Å²) in [6.45, 7) is 5.29. The molecule has 10 nitrogen and oxygen atoms in total. The average molecular weight is 676 g/mol. The molecule has 6 rings (SSSR count). The largest absolute Gasteiger partial charge is 0.455 e. The van der Waals surface area contributed by atoms with E-state index in [1.165, 1.54) is 9.80 Å². The summed E-state index contributed by atoms with van der Waals surface area (Å²) >= 11 is 6.65. The molecule has 0 aromatic heterocycles. The van der Waals surface area contributed by atoms with Crippen LogP contribution in [0.4, 0.5) is 5.69 Å². The molecule has 0 radical (unpaired) electrons. The van der Waals surface area contributed by atoms with E-state index < -0.39 is 72.2 Å². The normalized spacial score (nSPS) is 32.2. The third kappa shape index (κ3) is 5.63. The third-order valence-electron chi connectivity index (χ3n) is 10.3. The fourth-order valence-electron chi connectivity index (χ4n) is 7.66. The number of halogens is 1. The van der Waals surface area contributed by atoms with E-state index >= 15 is 0 Å². The van der Waals surface area contributed by atoms with Crippen LogP contribution in [0.15, 0.2) is 78.9 Å². The van der Waals surface area contributed by atoms with Crippen LogP contribution < -0.4 is 4.90 Å². The predicted octanol–water partition coefficient (Wildman–Crippen LogP) is 4.32. The van der Waals surface area contributed by atoms with E-state index in [2.05, 4.69) is 0 Å². The molecule has 4 heterocycles. The van der Waals surface area contributed by atoms with Crippen LogP contribution in [-0.4, -0.2) is 88.6 Å². The number of benzene rings is 2. The second kappa shape index (κ2) is 13.5. The van der Waals surface area contributed by atoms with Gasteiger partial charge >= 0.3 is 5.97 Å². The highest BCUT2D eigenvalue weighted by atomic mass is 35.5. The Kier molecular flexibility index (Phi) is 9.53. The number of hydrogen-bond acceptors (Lipinski definition) is 7. The molecule has 4 aliphatic rings. The number of fused-ring (bicyclic) bond motifs is 2. The van der Waals surface area contributed by atoms with Gasteiger partial charge < -0.3 is 29.3 Å². The zero-order valence-corrected chi connectivity index (χ0v) is 28.3. The first kappa shape index (κ1) is 33.9. The smallest absolute Gasteiger partial charge is 0.313 e. The van der Waals surface area contributed by atoms with Crippen molar-refractivity contribution in [1.82, 2.24) is 9.80 Å². The van der Waals surface area contributed by atoms with Crippen LogP contribution in [0.3, 0.4) is 0 Å². The molecule has 1 N–H and O–H groups in total. The minimum atomic E-state index is -1.48. The first-order valence-corrected chi connectivity index (χ1v) is 16.9. The number of ether oxygens (including phenoxy) is 2. The van der Waals surface area contributed by atoms with Gasteiger partial charge in [-0.25, -0.2) is 0 Å². The van der Waals surface area contributed by atoms with Gasteiger partial charge in [-0.05, 0) is 37.0 Å². The molecule has 254 valence electrons. The van der Waals surface area contributed by atoms with Gasteiger partial charge in [0.05, 0.1) is 41.4 Å². The molecule has 2 saturated heterocycles. The number of rotatable bonds is 5. The van der Waals surface area contributed by atoms with Crippen molar-refractivity contribution in [3.63, 3.8) is 0 Å². The van der Waals surface area contributed by atoms with Crippen LogP contribution in [0, 0.1) is 17.8 Å². The molecule has 3 amide bonds. The summed E-state index contributed by atoms with van der Waals surface area (Å²) in [6.07, 6.45) is 6.09. The van der Waals surface area contributed by atoms with E-state index in [9.17, 15) is 24.3 Å². The highest BCUT2D eigenvalue weighted by Gasteiger charge is 2.74. The zero-order chi connectivity index (χ0) is 34.3. The number of para-hydroxylation sites is 1. The van der Waals surface area contributed by atoms with Gasteiger partial charge in [-0.2, -0.15) is 0 Å². The van der Waals surface area contributed by atoms with Crippen molar-refractivity contribution in [2.75, 3.05) is 25.1 Å². The Balaban J connectivity index is 1.50. The van der Waals surface area contributed by atoms with Gasteiger partial charge in [0.2, 0.25) is 11.8 Å². The molecule has 8 atom stereocenters. The van der Waals surface area contributed by atoms with Crippen molar-refractivity contribution >= 4 is 41.0 Å². The molecule has 0 saturated carbocycles. The molecule has 2 aromatic carbocycles. The van der Waals surface area contributed by atoms with E-state index in [4.69, 9.17) is 21.1 Å². The maximum atomic E-state index is 15.0. The lowest BCUT2D eigenvalue weighted by atomic mass is 9.74. The molecule has 5 bridgehead atoms. The average Bonchev–Trinajstić information content (AvgIpc) is 3.72. The van der Waals surface area contributed by atoms with Gasteiger partial charge in [0.15, 0.2) is 0 Å². The van der Waals surface area contributed by atoms with Crippen molar-refractivity contribution in [2.45, 2.75) is 69.5 Å². The van der Waals surface area contributed by atoms with Gasteiger partial charge in [0.1, 0.15) is 23.7 Å². The summed E-state index contributed by atoms with van der Waals surface area (Å²) < 4.78 is 12.9. The van der Waals surface area contributed by atoms with Crippen molar-refractivity contribution in [1.29, 1.82) is 0 Å².